The van der Waals surface area contributed by atoms with Gasteiger partial charge in [0.2, 0.25) is 0 Å². The number of benzene rings is 1. The second kappa shape index (κ2) is 7.89. The highest BCUT2D eigenvalue weighted by Crippen LogP contribution is 2.17. The van der Waals surface area contributed by atoms with Crippen molar-refractivity contribution < 1.29 is 9.59 Å². The molecular weight excluding hydrogens is 368 g/mol. The molecule has 0 saturated carbocycles. The van der Waals surface area contributed by atoms with Crippen molar-refractivity contribution in [3.8, 4) is 5.82 Å². The normalized spacial score (nSPS) is 10.7. The number of para-hydroxylation sites is 2. The highest BCUT2D eigenvalue weighted by molar-refractivity contribution is 6.39. The number of amides is 2. The van der Waals surface area contributed by atoms with Gasteiger partial charge in [-0.15, -0.1) is 0 Å². The Hall–Kier alpha value is -4.07. The van der Waals surface area contributed by atoms with Crippen LogP contribution in [0.25, 0.3) is 16.9 Å². The van der Waals surface area contributed by atoms with Gasteiger partial charge < -0.3 is 10.6 Å². The van der Waals surface area contributed by atoms with Gasteiger partial charge >= 0.3 is 11.8 Å². The van der Waals surface area contributed by atoms with E-state index in [0.717, 1.165) is 16.7 Å². The summed E-state index contributed by atoms with van der Waals surface area (Å²) in [5, 5.41) is 5.09. The number of hydrogen-bond acceptors (Lipinski definition) is 5. The van der Waals surface area contributed by atoms with Crippen LogP contribution in [0.3, 0.4) is 0 Å². The van der Waals surface area contributed by atoms with E-state index < -0.39 is 11.8 Å². The summed E-state index contributed by atoms with van der Waals surface area (Å²) in [5.74, 6) is -0.843. The highest BCUT2D eigenvalue weighted by atomic mass is 16.2. The van der Waals surface area contributed by atoms with E-state index in [2.05, 4.69) is 25.6 Å². The maximum atomic E-state index is 12.1. The van der Waals surface area contributed by atoms with Gasteiger partial charge in [0.1, 0.15) is 12.1 Å². The zero-order chi connectivity index (χ0) is 20.2. The van der Waals surface area contributed by atoms with Crippen LogP contribution in [-0.2, 0) is 16.1 Å². The van der Waals surface area contributed by atoms with Crippen molar-refractivity contribution in [2.24, 2.45) is 0 Å². The fourth-order valence-electron chi connectivity index (χ4n) is 2.88. The van der Waals surface area contributed by atoms with Crippen molar-refractivity contribution >= 4 is 28.5 Å². The molecule has 0 bridgehead atoms. The highest BCUT2D eigenvalue weighted by Gasteiger charge is 2.14. The molecule has 0 saturated heterocycles. The SMILES string of the molecule is Cc1cccc(CNC(=O)C(=O)Nc2ccc(-n3cnc4ccccc43)nc2)n1. The first-order valence-corrected chi connectivity index (χ1v) is 9.00. The van der Waals surface area contributed by atoms with Crippen LogP contribution in [0.15, 0.2) is 67.1 Å². The number of anilines is 1. The molecule has 0 aliphatic rings. The van der Waals surface area contributed by atoms with Crippen LogP contribution in [0.5, 0.6) is 0 Å². The van der Waals surface area contributed by atoms with E-state index in [1.165, 1.54) is 6.20 Å². The Kier molecular flexibility index (Phi) is 4.98. The van der Waals surface area contributed by atoms with E-state index in [1.807, 2.05) is 47.9 Å². The molecule has 4 aromatic rings. The molecular formula is C21H18N6O2. The maximum absolute atomic E-state index is 12.1. The van der Waals surface area contributed by atoms with Gasteiger partial charge in [-0.05, 0) is 43.3 Å². The molecule has 2 N–H and O–H groups in total. The Labute approximate surface area is 166 Å². The first-order chi connectivity index (χ1) is 14.1. The number of nitrogens with one attached hydrogen (secondary N) is 2. The van der Waals surface area contributed by atoms with E-state index in [4.69, 9.17) is 0 Å². The van der Waals surface area contributed by atoms with Crippen molar-refractivity contribution in [3.63, 3.8) is 0 Å². The van der Waals surface area contributed by atoms with Gasteiger partial charge in [-0.2, -0.15) is 0 Å². The molecule has 4 rings (SSSR count). The smallest absolute Gasteiger partial charge is 0.313 e. The van der Waals surface area contributed by atoms with Crippen molar-refractivity contribution in [1.82, 2.24) is 24.8 Å². The van der Waals surface area contributed by atoms with Crippen LogP contribution >= 0.6 is 0 Å². The van der Waals surface area contributed by atoms with Crippen LogP contribution in [0.4, 0.5) is 5.69 Å². The summed E-state index contributed by atoms with van der Waals surface area (Å²) in [7, 11) is 0. The minimum absolute atomic E-state index is 0.179. The molecule has 0 radical (unpaired) electrons. The quantitative estimate of drug-likeness (QED) is 0.524. The maximum Gasteiger partial charge on any atom is 0.313 e. The Morgan fingerprint density at radius 2 is 1.83 bits per heavy atom. The number of rotatable bonds is 4. The molecule has 1 aromatic carbocycles. The second-order valence-corrected chi connectivity index (χ2v) is 6.42. The lowest BCUT2D eigenvalue weighted by molar-refractivity contribution is -0.136. The molecule has 0 fully saturated rings. The van der Waals surface area contributed by atoms with Crippen LogP contribution in [-0.4, -0.2) is 31.3 Å². The molecule has 0 unspecified atom stereocenters. The van der Waals surface area contributed by atoms with Crippen LogP contribution in [0.1, 0.15) is 11.4 Å². The summed E-state index contributed by atoms with van der Waals surface area (Å²) in [4.78, 5) is 37.1. The topological polar surface area (TPSA) is 102 Å². The number of hydrogen-bond donors (Lipinski definition) is 2. The summed E-state index contributed by atoms with van der Waals surface area (Å²) in [6.07, 6.45) is 3.19. The Morgan fingerprint density at radius 3 is 2.62 bits per heavy atom. The zero-order valence-corrected chi connectivity index (χ0v) is 15.7. The standard InChI is InChI=1S/C21H18N6O2/c1-14-5-4-6-15(25-14)12-23-20(28)21(29)26-16-9-10-19(22-11-16)27-13-24-17-7-2-3-8-18(17)27/h2-11,13H,12H2,1H3,(H,23,28)(H,26,29). The van der Waals surface area contributed by atoms with Crippen molar-refractivity contribution in [2.75, 3.05) is 5.32 Å². The number of pyridine rings is 2. The Morgan fingerprint density at radius 1 is 0.966 bits per heavy atom. The number of imidazole rings is 1. The lowest BCUT2D eigenvalue weighted by Gasteiger charge is -2.08. The van der Waals surface area contributed by atoms with E-state index in [0.29, 0.717) is 17.2 Å². The van der Waals surface area contributed by atoms with Gasteiger partial charge in [-0.3, -0.25) is 19.1 Å². The predicted molar refractivity (Wildman–Crippen MR) is 108 cm³/mol. The molecule has 0 aliphatic heterocycles. The molecule has 144 valence electrons. The van der Waals surface area contributed by atoms with Crippen LogP contribution < -0.4 is 10.6 Å². The van der Waals surface area contributed by atoms with Crippen molar-refractivity contribution in [1.29, 1.82) is 0 Å². The first-order valence-electron chi connectivity index (χ1n) is 9.00. The Balaban J connectivity index is 1.39. The molecule has 8 heteroatoms. The van der Waals surface area contributed by atoms with Crippen LogP contribution in [0.2, 0.25) is 0 Å². The number of aromatic nitrogens is 4. The number of carbonyl (C=O) groups excluding carboxylic acids is 2. The molecule has 0 aliphatic carbocycles. The lowest BCUT2D eigenvalue weighted by atomic mass is 10.3. The van der Waals surface area contributed by atoms with Gasteiger partial charge in [0, 0.05) is 5.69 Å². The van der Waals surface area contributed by atoms with Gasteiger partial charge in [-0.1, -0.05) is 18.2 Å². The third-order valence-electron chi connectivity index (χ3n) is 4.29. The second-order valence-electron chi connectivity index (χ2n) is 6.42. The molecule has 0 spiro atoms. The molecule has 29 heavy (non-hydrogen) atoms. The minimum Gasteiger partial charge on any atom is -0.342 e. The van der Waals surface area contributed by atoms with Crippen molar-refractivity contribution in [3.05, 3.63) is 78.5 Å². The van der Waals surface area contributed by atoms with E-state index >= 15 is 0 Å². The average molecular weight is 386 g/mol. The fourth-order valence-corrected chi connectivity index (χ4v) is 2.88. The molecule has 2 amide bonds. The molecule has 0 atom stereocenters. The number of fused-ring (bicyclic) bond motifs is 1. The third-order valence-corrected chi connectivity index (χ3v) is 4.29. The number of nitrogens with zero attached hydrogens (tertiary/aromatic N) is 4. The third kappa shape index (κ3) is 4.11. The fraction of sp³-hybridized carbons (Fsp3) is 0.0952. The van der Waals surface area contributed by atoms with Gasteiger partial charge in [0.05, 0.1) is 35.2 Å². The van der Waals surface area contributed by atoms with Gasteiger partial charge in [0.15, 0.2) is 0 Å². The summed E-state index contributed by atoms with van der Waals surface area (Å²) < 4.78 is 1.85. The molecule has 3 aromatic heterocycles. The average Bonchev–Trinajstić information content (AvgIpc) is 3.17. The largest absolute Gasteiger partial charge is 0.342 e. The lowest BCUT2D eigenvalue weighted by Crippen LogP contribution is -2.35. The zero-order valence-electron chi connectivity index (χ0n) is 15.7. The predicted octanol–water partition coefficient (Wildman–Crippen LogP) is 2.38. The number of aryl methyl sites for hydroxylation is 1. The van der Waals surface area contributed by atoms with Crippen LogP contribution in [0, 0.1) is 6.92 Å². The summed E-state index contributed by atoms with van der Waals surface area (Å²) >= 11 is 0. The Bertz CT molecular complexity index is 1180. The van der Waals surface area contributed by atoms with E-state index in [-0.39, 0.29) is 6.54 Å². The van der Waals surface area contributed by atoms with Crippen molar-refractivity contribution in [2.45, 2.75) is 13.5 Å². The number of carbonyl (C=O) groups is 2. The van der Waals surface area contributed by atoms with Gasteiger partial charge in [-0.25, -0.2) is 9.97 Å². The summed E-state index contributed by atoms with van der Waals surface area (Å²) in [5.41, 5.74) is 3.75. The van der Waals surface area contributed by atoms with E-state index in [9.17, 15) is 9.59 Å². The summed E-state index contributed by atoms with van der Waals surface area (Å²) in [6, 6.07) is 16.7. The van der Waals surface area contributed by atoms with Gasteiger partial charge in [0.25, 0.3) is 0 Å². The minimum atomic E-state index is -0.764. The van der Waals surface area contributed by atoms with E-state index in [1.54, 1.807) is 24.5 Å². The monoisotopic (exact) mass is 386 g/mol. The first kappa shape index (κ1) is 18.3. The molecule has 8 nitrogen and oxygen atoms in total. The summed E-state index contributed by atoms with van der Waals surface area (Å²) in [6.45, 7) is 2.04. The molecule has 3 heterocycles.